The van der Waals surface area contributed by atoms with Crippen LogP contribution in [0.1, 0.15) is 28.6 Å². The molecule has 6 heteroatoms. The lowest BCUT2D eigenvalue weighted by Gasteiger charge is -2.33. The lowest BCUT2D eigenvalue weighted by molar-refractivity contribution is 0.0684. The topological polar surface area (TPSA) is 38.1 Å². The molecule has 3 heterocycles. The molecule has 23 heavy (non-hydrogen) atoms. The second-order valence-corrected chi connectivity index (χ2v) is 6.90. The van der Waals surface area contributed by atoms with Crippen LogP contribution in [-0.4, -0.2) is 33.4 Å². The Balaban J connectivity index is 1.58. The van der Waals surface area contributed by atoms with Gasteiger partial charge in [0.25, 0.3) is 5.91 Å². The number of carbonyl (C=O) groups is 1. The van der Waals surface area contributed by atoms with Crippen LogP contribution in [0, 0.1) is 5.82 Å². The van der Waals surface area contributed by atoms with Gasteiger partial charge in [-0.05, 0) is 31.0 Å². The van der Waals surface area contributed by atoms with Crippen LogP contribution in [0.25, 0.3) is 10.1 Å². The van der Waals surface area contributed by atoms with Crippen LogP contribution < -0.4 is 0 Å². The summed E-state index contributed by atoms with van der Waals surface area (Å²) in [6.45, 7) is 1.42. The van der Waals surface area contributed by atoms with Crippen LogP contribution in [-0.2, 0) is 0 Å². The van der Waals surface area contributed by atoms with E-state index in [2.05, 4.69) is 9.55 Å². The highest BCUT2D eigenvalue weighted by Crippen LogP contribution is 2.30. The SMILES string of the molecule is O=C(c1cc2c(F)cccc2s1)N1CCCC(n2ccnc2)C1. The van der Waals surface area contributed by atoms with Gasteiger partial charge in [-0.15, -0.1) is 11.3 Å². The van der Waals surface area contributed by atoms with Crippen molar-refractivity contribution in [3.8, 4) is 0 Å². The Morgan fingerprint density at radius 1 is 1.39 bits per heavy atom. The fourth-order valence-electron chi connectivity index (χ4n) is 3.15. The molecule has 4 nitrogen and oxygen atoms in total. The van der Waals surface area contributed by atoms with Gasteiger partial charge in [0.15, 0.2) is 0 Å². The number of hydrogen-bond acceptors (Lipinski definition) is 3. The highest BCUT2D eigenvalue weighted by atomic mass is 32.1. The number of benzene rings is 1. The van der Waals surface area contributed by atoms with E-state index in [0.717, 1.165) is 24.1 Å². The second-order valence-electron chi connectivity index (χ2n) is 5.82. The third kappa shape index (κ3) is 2.63. The Morgan fingerprint density at radius 3 is 3.09 bits per heavy atom. The Kier molecular flexibility index (Phi) is 3.61. The van der Waals surface area contributed by atoms with Crippen molar-refractivity contribution in [3.63, 3.8) is 0 Å². The van der Waals surface area contributed by atoms with Crippen molar-refractivity contribution in [2.24, 2.45) is 0 Å². The minimum Gasteiger partial charge on any atom is -0.336 e. The first-order valence-corrected chi connectivity index (χ1v) is 8.49. The minimum absolute atomic E-state index is 0.00425. The zero-order valence-electron chi connectivity index (χ0n) is 12.5. The largest absolute Gasteiger partial charge is 0.336 e. The fraction of sp³-hybridized carbons (Fsp3) is 0.294. The van der Waals surface area contributed by atoms with Crippen molar-refractivity contribution in [1.29, 1.82) is 0 Å². The Hall–Kier alpha value is -2.21. The summed E-state index contributed by atoms with van der Waals surface area (Å²) in [5, 5.41) is 0.531. The summed E-state index contributed by atoms with van der Waals surface area (Å²) in [5.74, 6) is -0.275. The molecule has 1 saturated heterocycles. The van der Waals surface area contributed by atoms with Crippen molar-refractivity contribution in [1.82, 2.24) is 14.5 Å². The number of piperidine rings is 1. The van der Waals surface area contributed by atoms with E-state index >= 15 is 0 Å². The number of amides is 1. The predicted octanol–water partition coefficient (Wildman–Crippen LogP) is 3.71. The van der Waals surface area contributed by atoms with E-state index in [1.165, 1.54) is 17.4 Å². The Bertz CT molecular complexity index is 843. The van der Waals surface area contributed by atoms with Crippen molar-refractivity contribution in [2.45, 2.75) is 18.9 Å². The highest BCUT2D eigenvalue weighted by Gasteiger charge is 2.26. The molecule has 1 atom stereocenters. The maximum atomic E-state index is 13.8. The summed E-state index contributed by atoms with van der Waals surface area (Å²) >= 11 is 1.36. The maximum absolute atomic E-state index is 13.8. The van der Waals surface area contributed by atoms with Crippen LogP contribution in [0.2, 0.25) is 0 Å². The molecule has 0 saturated carbocycles. The number of rotatable bonds is 2. The third-order valence-corrected chi connectivity index (χ3v) is 5.44. The summed E-state index contributed by atoms with van der Waals surface area (Å²) in [7, 11) is 0. The summed E-state index contributed by atoms with van der Waals surface area (Å²) in [5.41, 5.74) is 0. The van der Waals surface area contributed by atoms with Crippen LogP contribution in [0.4, 0.5) is 4.39 Å². The third-order valence-electron chi connectivity index (χ3n) is 4.35. The van der Waals surface area contributed by atoms with Gasteiger partial charge < -0.3 is 9.47 Å². The van der Waals surface area contributed by atoms with Crippen molar-refractivity contribution in [3.05, 3.63) is 53.7 Å². The quantitative estimate of drug-likeness (QED) is 0.719. The smallest absolute Gasteiger partial charge is 0.264 e. The fourth-order valence-corrected chi connectivity index (χ4v) is 4.20. The van der Waals surface area contributed by atoms with Crippen LogP contribution in [0.15, 0.2) is 43.0 Å². The second kappa shape index (κ2) is 5.77. The van der Waals surface area contributed by atoms with Gasteiger partial charge in [0.1, 0.15) is 5.82 Å². The molecule has 1 aliphatic heterocycles. The average molecular weight is 329 g/mol. The normalized spacial score (nSPS) is 18.5. The molecule has 0 radical (unpaired) electrons. The van der Waals surface area contributed by atoms with Gasteiger partial charge in [-0.2, -0.15) is 0 Å². The number of aromatic nitrogens is 2. The van der Waals surface area contributed by atoms with Gasteiger partial charge in [-0.3, -0.25) is 4.79 Å². The molecule has 4 rings (SSSR count). The van der Waals surface area contributed by atoms with Gasteiger partial charge in [0, 0.05) is 35.6 Å². The summed E-state index contributed by atoms with van der Waals surface area (Å²) in [4.78, 5) is 19.3. The number of nitrogens with zero attached hydrogens (tertiary/aromatic N) is 3. The Labute approximate surface area is 137 Å². The van der Waals surface area contributed by atoms with Gasteiger partial charge in [-0.1, -0.05) is 6.07 Å². The predicted molar refractivity (Wildman–Crippen MR) is 88.2 cm³/mol. The molecule has 2 aromatic heterocycles. The van der Waals surface area contributed by atoms with Gasteiger partial charge in [0.05, 0.1) is 17.2 Å². The lowest BCUT2D eigenvalue weighted by atomic mass is 10.1. The molecule has 1 aliphatic rings. The van der Waals surface area contributed by atoms with Crippen molar-refractivity contribution >= 4 is 27.3 Å². The number of thiophene rings is 1. The standard InChI is InChI=1S/C17H16FN3OS/c18-14-4-1-5-15-13(14)9-16(23-15)17(22)20-7-2-3-12(10-20)21-8-6-19-11-21/h1,4-6,8-9,11-12H,2-3,7,10H2. The molecule has 1 fully saturated rings. The van der Waals surface area contributed by atoms with Gasteiger partial charge in [-0.25, -0.2) is 9.37 Å². The van der Waals surface area contributed by atoms with E-state index < -0.39 is 0 Å². The van der Waals surface area contributed by atoms with E-state index in [1.807, 2.05) is 17.2 Å². The van der Waals surface area contributed by atoms with Crippen molar-refractivity contribution < 1.29 is 9.18 Å². The minimum atomic E-state index is -0.271. The first-order chi connectivity index (χ1) is 11.2. The lowest BCUT2D eigenvalue weighted by Crippen LogP contribution is -2.40. The Morgan fingerprint density at radius 2 is 2.30 bits per heavy atom. The van der Waals surface area contributed by atoms with E-state index in [9.17, 15) is 9.18 Å². The van der Waals surface area contributed by atoms with E-state index in [-0.39, 0.29) is 17.8 Å². The number of carbonyl (C=O) groups excluding carboxylic acids is 1. The number of fused-ring (bicyclic) bond motifs is 1. The number of hydrogen-bond donors (Lipinski definition) is 0. The number of imidazole rings is 1. The first-order valence-electron chi connectivity index (χ1n) is 7.67. The molecule has 3 aromatic rings. The van der Waals surface area contributed by atoms with E-state index in [4.69, 9.17) is 0 Å². The van der Waals surface area contributed by atoms with Crippen LogP contribution >= 0.6 is 11.3 Å². The highest BCUT2D eigenvalue weighted by molar-refractivity contribution is 7.20. The molecule has 1 unspecified atom stereocenters. The molecule has 1 amide bonds. The van der Waals surface area contributed by atoms with Gasteiger partial charge >= 0.3 is 0 Å². The molecule has 0 aliphatic carbocycles. The molecular formula is C17H16FN3OS. The zero-order valence-corrected chi connectivity index (χ0v) is 13.3. The monoisotopic (exact) mass is 329 g/mol. The van der Waals surface area contributed by atoms with E-state index in [1.54, 1.807) is 24.7 Å². The summed E-state index contributed by atoms with van der Waals surface area (Å²) in [6, 6.07) is 6.90. The van der Waals surface area contributed by atoms with Crippen LogP contribution in [0.5, 0.6) is 0 Å². The zero-order chi connectivity index (χ0) is 15.8. The van der Waals surface area contributed by atoms with Crippen molar-refractivity contribution in [2.75, 3.05) is 13.1 Å². The molecule has 0 spiro atoms. The van der Waals surface area contributed by atoms with Gasteiger partial charge in [0.2, 0.25) is 0 Å². The maximum Gasteiger partial charge on any atom is 0.264 e. The molecule has 1 aromatic carbocycles. The molecular weight excluding hydrogens is 313 g/mol. The number of halogens is 1. The number of likely N-dealkylation sites (tertiary alicyclic amines) is 1. The molecule has 0 bridgehead atoms. The molecule has 118 valence electrons. The average Bonchev–Trinajstić information content (AvgIpc) is 3.24. The summed E-state index contributed by atoms with van der Waals surface area (Å²) < 4.78 is 16.7. The van der Waals surface area contributed by atoms with Crippen LogP contribution in [0.3, 0.4) is 0 Å². The first kappa shape index (κ1) is 14.4. The van der Waals surface area contributed by atoms with E-state index in [0.29, 0.717) is 16.8 Å². The summed E-state index contributed by atoms with van der Waals surface area (Å²) in [6.07, 6.45) is 7.51. The molecule has 0 N–H and O–H groups in total.